The summed E-state index contributed by atoms with van der Waals surface area (Å²) in [6, 6.07) is 14.4. The molecule has 3 heteroatoms. The molecule has 0 atom stereocenters. The summed E-state index contributed by atoms with van der Waals surface area (Å²) in [5.74, 6) is 1.01. The van der Waals surface area contributed by atoms with Crippen molar-refractivity contribution in [3.63, 3.8) is 0 Å². The fourth-order valence-corrected chi connectivity index (χ4v) is 3.48. The van der Waals surface area contributed by atoms with Gasteiger partial charge in [0.1, 0.15) is 22.8 Å². The van der Waals surface area contributed by atoms with Crippen molar-refractivity contribution in [3.05, 3.63) is 59.7 Å². The lowest BCUT2D eigenvalue weighted by molar-refractivity contribution is 0.0554. The predicted octanol–water partition coefficient (Wildman–Crippen LogP) is 6.18. The van der Waals surface area contributed by atoms with E-state index in [1.807, 2.05) is 24.3 Å². The largest absolute Gasteiger partial charge is 0.457 e. The van der Waals surface area contributed by atoms with Crippen LogP contribution in [0.15, 0.2) is 48.5 Å². The Kier molecular flexibility index (Phi) is 3.40. The van der Waals surface area contributed by atoms with Gasteiger partial charge in [-0.25, -0.2) is 8.78 Å². The average Bonchev–Trinajstić information content (AvgIpc) is 2.51. The molecule has 2 aliphatic rings. The van der Waals surface area contributed by atoms with Gasteiger partial charge in [-0.1, -0.05) is 36.4 Å². The molecule has 2 aliphatic carbocycles. The summed E-state index contributed by atoms with van der Waals surface area (Å²) in [4.78, 5) is 0. The van der Waals surface area contributed by atoms with Gasteiger partial charge in [0, 0.05) is 11.1 Å². The molecule has 0 aliphatic heterocycles. The van der Waals surface area contributed by atoms with Gasteiger partial charge in [0.15, 0.2) is 0 Å². The average molecular weight is 314 g/mol. The van der Waals surface area contributed by atoms with Gasteiger partial charge in [-0.05, 0) is 50.7 Å². The topological polar surface area (TPSA) is 9.23 Å². The Morgan fingerprint density at radius 2 is 1.04 bits per heavy atom. The molecule has 2 saturated carbocycles. The zero-order valence-corrected chi connectivity index (χ0v) is 13.0. The van der Waals surface area contributed by atoms with Crippen LogP contribution in [0.4, 0.5) is 8.78 Å². The molecule has 120 valence electrons. The van der Waals surface area contributed by atoms with Gasteiger partial charge in [-0.3, -0.25) is 0 Å². The van der Waals surface area contributed by atoms with Crippen LogP contribution in [0.5, 0.6) is 11.5 Å². The number of benzene rings is 2. The van der Waals surface area contributed by atoms with E-state index < -0.39 is 11.3 Å². The Bertz CT molecular complexity index is 656. The van der Waals surface area contributed by atoms with Crippen LogP contribution in [0.3, 0.4) is 0 Å². The van der Waals surface area contributed by atoms with Crippen molar-refractivity contribution in [3.8, 4) is 11.5 Å². The quantitative estimate of drug-likeness (QED) is 0.655. The summed E-state index contributed by atoms with van der Waals surface area (Å²) in [7, 11) is 0. The molecule has 0 heterocycles. The minimum absolute atomic E-state index is 0.505. The second kappa shape index (κ2) is 5.33. The van der Waals surface area contributed by atoms with Gasteiger partial charge in [-0.2, -0.15) is 0 Å². The first-order valence-corrected chi connectivity index (χ1v) is 8.36. The van der Waals surface area contributed by atoms with Crippen LogP contribution in [0, 0.1) is 0 Å². The van der Waals surface area contributed by atoms with E-state index in [0.29, 0.717) is 48.3 Å². The van der Waals surface area contributed by atoms with Crippen molar-refractivity contribution in [1.82, 2.24) is 0 Å². The van der Waals surface area contributed by atoms with Crippen molar-refractivity contribution in [2.75, 3.05) is 0 Å². The fraction of sp³-hybridized carbons (Fsp3) is 0.400. The lowest BCUT2D eigenvalue weighted by Crippen LogP contribution is -2.30. The van der Waals surface area contributed by atoms with Crippen molar-refractivity contribution in [2.45, 2.75) is 49.9 Å². The highest BCUT2D eigenvalue weighted by Gasteiger charge is 2.43. The zero-order valence-electron chi connectivity index (χ0n) is 13.0. The highest BCUT2D eigenvalue weighted by Crippen LogP contribution is 2.51. The van der Waals surface area contributed by atoms with Crippen molar-refractivity contribution < 1.29 is 13.5 Å². The summed E-state index contributed by atoms with van der Waals surface area (Å²) < 4.78 is 35.7. The molecule has 0 unspecified atom stereocenters. The Labute approximate surface area is 135 Å². The maximum absolute atomic E-state index is 14.9. The molecule has 0 N–H and O–H groups in total. The number of ether oxygens (including phenoxy) is 1. The van der Waals surface area contributed by atoms with Crippen LogP contribution < -0.4 is 4.74 Å². The molecule has 0 spiro atoms. The van der Waals surface area contributed by atoms with Gasteiger partial charge >= 0.3 is 0 Å². The number of hydrogen-bond acceptors (Lipinski definition) is 1. The van der Waals surface area contributed by atoms with E-state index in [4.69, 9.17) is 4.74 Å². The van der Waals surface area contributed by atoms with E-state index in [1.54, 1.807) is 24.3 Å². The summed E-state index contributed by atoms with van der Waals surface area (Å²) in [5, 5.41) is 0. The van der Waals surface area contributed by atoms with E-state index in [-0.39, 0.29) is 0 Å². The van der Waals surface area contributed by atoms with Gasteiger partial charge < -0.3 is 4.74 Å². The fourth-order valence-electron chi connectivity index (χ4n) is 3.48. The van der Waals surface area contributed by atoms with Gasteiger partial charge in [0.05, 0.1) is 0 Å². The first-order valence-electron chi connectivity index (χ1n) is 8.36. The summed E-state index contributed by atoms with van der Waals surface area (Å²) in [6.07, 6.45) is 3.91. The van der Waals surface area contributed by atoms with Gasteiger partial charge in [-0.15, -0.1) is 0 Å². The Hall–Kier alpha value is -1.90. The number of hydrogen-bond donors (Lipinski definition) is 0. The third-order valence-electron chi connectivity index (χ3n) is 5.25. The van der Waals surface area contributed by atoms with Crippen LogP contribution in [-0.4, -0.2) is 0 Å². The van der Waals surface area contributed by atoms with Crippen LogP contribution in [0.25, 0.3) is 0 Å². The van der Waals surface area contributed by atoms with E-state index >= 15 is 0 Å². The summed E-state index contributed by atoms with van der Waals surface area (Å²) in [5.41, 5.74) is -1.42. The molecule has 0 radical (unpaired) electrons. The second-order valence-corrected chi connectivity index (χ2v) is 6.73. The number of halogens is 2. The van der Waals surface area contributed by atoms with Crippen LogP contribution in [-0.2, 0) is 11.3 Å². The van der Waals surface area contributed by atoms with Crippen molar-refractivity contribution >= 4 is 0 Å². The monoisotopic (exact) mass is 314 g/mol. The SMILES string of the molecule is FC1(c2ccccc2Oc2ccccc2C2(F)CCC2)CCC1. The minimum Gasteiger partial charge on any atom is -0.457 e. The molecular weight excluding hydrogens is 294 g/mol. The minimum atomic E-state index is -1.30. The Balaban J connectivity index is 1.70. The molecule has 4 rings (SSSR count). The van der Waals surface area contributed by atoms with Gasteiger partial charge in [0.25, 0.3) is 0 Å². The molecule has 23 heavy (non-hydrogen) atoms. The first kappa shape index (κ1) is 14.7. The number of para-hydroxylation sites is 2. The van der Waals surface area contributed by atoms with E-state index in [1.165, 1.54) is 0 Å². The van der Waals surface area contributed by atoms with E-state index in [0.717, 1.165) is 12.8 Å². The predicted molar refractivity (Wildman–Crippen MR) is 86.2 cm³/mol. The van der Waals surface area contributed by atoms with E-state index in [9.17, 15) is 8.78 Å². The second-order valence-electron chi connectivity index (χ2n) is 6.73. The molecule has 0 aromatic heterocycles. The summed E-state index contributed by atoms with van der Waals surface area (Å²) >= 11 is 0. The Morgan fingerprint density at radius 1 is 0.652 bits per heavy atom. The lowest BCUT2D eigenvalue weighted by atomic mass is 9.76. The smallest absolute Gasteiger partial charge is 0.139 e. The number of alkyl halides is 2. The molecule has 0 saturated heterocycles. The molecule has 1 nitrogen and oxygen atoms in total. The highest BCUT2D eigenvalue weighted by molar-refractivity contribution is 5.46. The van der Waals surface area contributed by atoms with Crippen molar-refractivity contribution in [1.29, 1.82) is 0 Å². The molecule has 2 fully saturated rings. The third-order valence-corrected chi connectivity index (χ3v) is 5.25. The Morgan fingerprint density at radius 3 is 1.39 bits per heavy atom. The zero-order chi connectivity index (χ0) is 15.9. The highest BCUT2D eigenvalue weighted by atomic mass is 19.1. The molecule has 0 bridgehead atoms. The standard InChI is InChI=1S/C20H20F2O/c21-19(11-5-12-19)15-7-1-3-9-17(15)23-18-10-4-2-8-16(18)20(22)13-6-14-20/h1-4,7-10H,5-6,11-14H2. The van der Waals surface area contributed by atoms with Gasteiger partial charge in [0.2, 0.25) is 0 Å². The maximum Gasteiger partial charge on any atom is 0.139 e. The van der Waals surface area contributed by atoms with E-state index in [2.05, 4.69) is 0 Å². The molecule has 2 aromatic rings. The number of rotatable bonds is 4. The molecular formula is C20H20F2O. The first-order chi connectivity index (χ1) is 11.1. The third kappa shape index (κ3) is 2.43. The normalized spacial score (nSPS) is 21.1. The maximum atomic E-state index is 14.9. The van der Waals surface area contributed by atoms with Crippen molar-refractivity contribution in [2.24, 2.45) is 0 Å². The van der Waals surface area contributed by atoms with Crippen LogP contribution >= 0.6 is 0 Å². The van der Waals surface area contributed by atoms with Crippen LogP contribution in [0.1, 0.15) is 49.7 Å². The lowest BCUT2D eigenvalue weighted by Gasteiger charge is -2.37. The van der Waals surface area contributed by atoms with Crippen LogP contribution in [0.2, 0.25) is 0 Å². The summed E-state index contributed by atoms with van der Waals surface area (Å²) in [6.45, 7) is 0. The molecule has 0 amide bonds. The molecule has 2 aromatic carbocycles.